The predicted molar refractivity (Wildman–Crippen MR) is 91.7 cm³/mol. The molecule has 0 aromatic carbocycles. The molecule has 3 heterocycles. The number of piperidine rings is 3. The highest BCUT2D eigenvalue weighted by Gasteiger charge is 2.43. The second kappa shape index (κ2) is 7.19. The van der Waals surface area contributed by atoms with Crippen molar-refractivity contribution in [3.05, 3.63) is 0 Å². The van der Waals surface area contributed by atoms with Gasteiger partial charge in [-0.15, -0.1) is 0 Å². The van der Waals surface area contributed by atoms with Crippen LogP contribution in [0.25, 0.3) is 0 Å². The molecule has 0 spiro atoms. The fourth-order valence-electron chi connectivity index (χ4n) is 5.45. The maximum atomic E-state index is 6.21. The average molecular weight is 311 g/mol. The quantitative estimate of drug-likeness (QED) is 0.560. The van der Waals surface area contributed by atoms with Gasteiger partial charge in [0.05, 0.1) is 59.5 Å². The van der Waals surface area contributed by atoms with E-state index < -0.39 is 0 Å². The molecule has 0 radical (unpaired) electrons. The van der Waals surface area contributed by atoms with E-state index >= 15 is 0 Å². The van der Waals surface area contributed by atoms with E-state index in [1.54, 1.807) is 0 Å². The summed E-state index contributed by atoms with van der Waals surface area (Å²) in [7, 11) is 4.94. The number of ether oxygens (including phenoxy) is 1. The monoisotopic (exact) mass is 310 g/mol. The maximum absolute atomic E-state index is 6.21. The zero-order valence-corrected chi connectivity index (χ0v) is 15.1. The second-order valence-corrected chi connectivity index (χ2v) is 8.82. The molecule has 3 saturated heterocycles. The Balaban J connectivity index is 1.43. The summed E-state index contributed by atoms with van der Waals surface area (Å²) in [5, 5.41) is 0. The highest BCUT2D eigenvalue weighted by Crippen LogP contribution is 2.36. The van der Waals surface area contributed by atoms with Crippen LogP contribution in [-0.2, 0) is 4.74 Å². The highest BCUT2D eigenvalue weighted by atomic mass is 16.5. The lowest BCUT2D eigenvalue weighted by Crippen LogP contribution is -2.61. The third kappa shape index (κ3) is 3.85. The first-order valence-electron chi connectivity index (χ1n) is 9.87. The normalized spacial score (nSPS) is 38.5. The average Bonchev–Trinajstić information content (AvgIpc) is 2.51. The first kappa shape index (κ1) is 16.7. The molecule has 3 nitrogen and oxygen atoms in total. The molecule has 0 N–H and O–H groups in total. The number of likely N-dealkylation sites (tertiary alicyclic amines) is 1. The molecule has 3 unspecified atom stereocenters. The van der Waals surface area contributed by atoms with Crippen molar-refractivity contribution in [3.8, 4) is 0 Å². The van der Waals surface area contributed by atoms with Crippen LogP contribution in [0, 0.1) is 5.92 Å². The molecule has 3 fully saturated rings. The van der Waals surface area contributed by atoms with Gasteiger partial charge in [0.2, 0.25) is 0 Å². The van der Waals surface area contributed by atoms with E-state index in [1.807, 2.05) is 0 Å². The minimum absolute atomic E-state index is 0.825. The molecule has 0 amide bonds. The SMILES string of the molecule is C[N+]1(CCOCC2CCC[N+]3(C)CCCCC23)CCCCC1. The predicted octanol–water partition coefficient (Wildman–Crippen LogP) is 3.04. The Kier molecular flexibility index (Phi) is 5.47. The Labute approximate surface area is 137 Å². The zero-order chi connectivity index (χ0) is 15.5. The van der Waals surface area contributed by atoms with Crippen LogP contribution in [-0.4, -0.2) is 75.0 Å². The van der Waals surface area contributed by atoms with Gasteiger partial charge in [-0.2, -0.15) is 0 Å². The van der Waals surface area contributed by atoms with Crippen LogP contribution in [0.2, 0.25) is 0 Å². The van der Waals surface area contributed by atoms with Gasteiger partial charge in [-0.25, -0.2) is 0 Å². The molecule has 22 heavy (non-hydrogen) atoms. The molecule has 0 bridgehead atoms. The molecule has 0 aromatic heterocycles. The summed E-state index contributed by atoms with van der Waals surface area (Å²) >= 11 is 0. The fraction of sp³-hybridized carbons (Fsp3) is 1.00. The molecule has 3 aliphatic heterocycles. The molecule has 3 aliphatic rings. The summed E-state index contributed by atoms with van der Waals surface area (Å²) in [4.78, 5) is 0. The van der Waals surface area contributed by atoms with Crippen LogP contribution < -0.4 is 0 Å². The topological polar surface area (TPSA) is 9.23 Å². The Hall–Kier alpha value is -0.120. The minimum Gasteiger partial charge on any atom is -0.375 e. The molecule has 3 heteroatoms. The summed E-state index contributed by atoms with van der Waals surface area (Å²) in [6.45, 7) is 8.78. The summed E-state index contributed by atoms with van der Waals surface area (Å²) < 4.78 is 8.81. The Bertz CT molecular complexity index is 349. The number of nitrogens with zero attached hydrogens (tertiary/aromatic N) is 2. The molecule has 0 saturated carbocycles. The molecule has 128 valence electrons. The molecular weight excluding hydrogens is 272 g/mol. The number of fused-ring (bicyclic) bond motifs is 1. The smallest absolute Gasteiger partial charge is 0.102 e. The van der Waals surface area contributed by atoms with Crippen LogP contribution in [0.5, 0.6) is 0 Å². The fourth-order valence-corrected chi connectivity index (χ4v) is 5.45. The lowest BCUT2D eigenvalue weighted by molar-refractivity contribution is -0.947. The Morgan fingerprint density at radius 1 is 0.818 bits per heavy atom. The Morgan fingerprint density at radius 2 is 1.55 bits per heavy atom. The highest BCUT2D eigenvalue weighted by molar-refractivity contribution is 4.78. The van der Waals surface area contributed by atoms with Crippen molar-refractivity contribution in [3.63, 3.8) is 0 Å². The van der Waals surface area contributed by atoms with Gasteiger partial charge in [0.15, 0.2) is 0 Å². The summed E-state index contributed by atoms with van der Waals surface area (Å²) in [5.41, 5.74) is 0. The van der Waals surface area contributed by atoms with Crippen LogP contribution in [0.3, 0.4) is 0 Å². The van der Waals surface area contributed by atoms with E-state index in [-0.39, 0.29) is 0 Å². The van der Waals surface area contributed by atoms with Crippen LogP contribution in [0.4, 0.5) is 0 Å². The van der Waals surface area contributed by atoms with Crippen LogP contribution in [0.1, 0.15) is 51.4 Å². The van der Waals surface area contributed by atoms with Crippen molar-refractivity contribution in [2.75, 3.05) is 60.0 Å². The minimum atomic E-state index is 0.825. The lowest BCUT2D eigenvalue weighted by Gasteiger charge is -2.51. The van der Waals surface area contributed by atoms with Crippen LogP contribution >= 0.6 is 0 Å². The molecule has 3 atom stereocenters. The summed E-state index contributed by atoms with van der Waals surface area (Å²) in [6.07, 6.45) is 11.4. The second-order valence-electron chi connectivity index (χ2n) is 8.82. The number of hydrogen-bond acceptors (Lipinski definition) is 1. The van der Waals surface area contributed by atoms with E-state index in [4.69, 9.17) is 4.74 Å². The van der Waals surface area contributed by atoms with Crippen molar-refractivity contribution < 1.29 is 13.7 Å². The lowest BCUT2D eigenvalue weighted by atomic mass is 9.82. The number of likely N-dealkylation sites (N-methyl/N-ethyl adjacent to an activating group) is 1. The van der Waals surface area contributed by atoms with Crippen molar-refractivity contribution in [1.29, 1.82) is 0 Å². The number of hydrogen-bond donors (Lipinski definition) is 0. The van der Waals surface area contributed by atoms with E-state index in [0.717, 1.165) is 25.2 Å². The third-order valence-corrected chi connectivity index (χ3v) is 7.01. The van der Waals surface area contributed by atoms with Gasteiger partial charge in [-0.3, -0.25) is 0 Å². The Morgan fingerprint density at radius 3 is 2.36 bits per heavy atom. The van der Waals surface area contributed by atoms with Gasteiger partial charge in [-0.1, -0.05) is 0 Å². The van der Waals surface area contributed by atoms with Gasteiger partial charge in [0.1, 0.15) is 6.54 Å². The van der Waals surface area contributed by atoms with Gasteiger partial charge in [0, 0.05) is 12.3 Å². The van der Waals surface area contributed by atoms with E-state index in [1.165, 1.54) is 93.1 Å². The molecular formula is C19H38N2O+2. The van der Waals surface area contributed by atoms with Crippen LogP contribution in [0.15, 0.2) is 0 Å². The zero-order valence-electron chi connectivity index (χ0n) is 15.1. The third-order valence-electron chi connectivity index (χ3n) is 7.01. The largest absolute Gasteiger partial charge is 0.375 e. The number of rotatable bonds is 5. The molecule has 0 aromatic rings. The van der Waals surface area contributed by atoms with Crippen molar-refractivity contribution in [2.45, 2.75) is 57.4 Å². The van der Waals surface area contributed by atoms with Gasteiger partial charge >= 0.3 is 0 Å². The first-order chi connectivity index (χ1) is 10.6. The maximum Gasteiger partial charge on any atom is 0.102 e. The number of quaternary nitrogens is 2. The van der Waals surface area contributed by atoms with Gasteiger partial charge in [0.25, 0.3) is 0 Å². The van der Waals surface area contributed by atoms with Crippen molar-refractivity contribution in [1.82, 2.24) is 0 Å². The van der Waals surface area contributed by atoms with E-state index in [0.29, 0.717) is 0 Å². The summed E-state index contributed by atoms with van der Waals surface area (Å²) in [5.74, 6) is 0.825. The van der Waals surface area contributed by atoms with Gasteiger partial charge < -0.3 is 13.7 Å². The van der Waals surface area contributed by atoms with E-state index in [9.17, 15) is 0 Å². The molecule has 0 aliphatic carbocycles. The standard InChI is InChI=1S/C19H38N2O/c1-20(11-5-3-6-12-20)15-16-22-17-18-9-8-14-21(2)13-7-4-10-19(18)21/h18-19H,3-17H2,1-2H3/q+2. The van der Waals surface area contributed by atoms with Gasteiger partial charge in [-0.05, 0) is 44.9 Å². The van der Waals surface area contributed by atoms with Crippen molar-refractivity contribution >= 4 is 0 Å². The molecule has 3 rings (SSSR count). The first-order valence-corrected chi connectivity index (χ1v) is 9.87. The van der Waals surface area contributed by atoms with E-state index in [2.05, 4.69) is 14.1 Å². The van der Waals surface area contributed by atoms with Crippen molar-refractivity contribution in [2.24, 2.45) is 5.92 Å². The summed E-state index contributed by atoms with van der Waals surface area (Å²) in [6, 6.07) is 0.891.